The van der Waals surface area contributed by atoms with Crippen LogP contribution in [0, 0.1) is 11.8 Å². The van der Waals surface area contributed by atoms with Gasteiger partial charge in [0.05, 0.1) is 13.2 Å². The highest BCUT2D eigenvalue weighted by Crippen LogP contribution is 2.57. The summed E-state index contributed by atoms with van der Waals surface area (Å²) in [6.45, 7) is 7.52. The first-order valence-corrected chi connectivity index (χ1v) is 20.7. The fraction of sp³-hybridized carbons (Fsp3) is 0.478. The molecule has 288 valence electrons. The molecule has 2 fully saturated rings. The zero-order valence-corrected chi connectivity index (χ0v) is 32.3. The monoisotopic (exact) mass is 742 g/mol. The second-order valence-corrected chi connectivity index (χ2v) is 16.7. The normalized spacial score (nSPS) is 22.6. The van der Waals surface area contributed by atoms with Crippen LogP contribution in [0.3, 0.4) is 0 Å². The molecule has 0 spiro atoms. The number of ether oxygens (including phenoxy) is 5. The molecule has 0 aliphatic carbocycles. The van der Waals surface area contributed by atoms with Gasteiger partial charge >= 0.3 is 0 Å². The Bertz CT molecular complexity index is 2040. The van der Waals surface area contributed by atoms with Crippen LogP contribution in [0.2, 0.25) is 0 Å². The van der Waals surface area contributed by atoms with E-state index in [4.69, 9.17) is 23.7 Å². The van der Waals surface area contributed by atoms with E-state index in [9.17, 15) is 0 Å². The summed E-state index contributed by atoms with van der Waals surface area (Å²) in [4.78, 5) is 4.94. The van der Waals surface area contributed by atoms with Crippen LogP contribution in [0.25, 0.3) is 0 Å². The second kappa shape index (κ2) is 15.0. The second-order valence-electron chi connectivity index (χ2n) is 16.7. The Balaban J connectivity index is 1.06. The summed E-state index contributed by atoms with van der Waals surface area (Å²) >= 11 is 0. The lowest BCUT2D eigenvalue weighted by molar-refractivity contribution is 0.200. The average molecular weight is 743 g/mol. The van der Waals surface area contributed by atoms with Crippen molar-refractivity contribution in [3.05, 3.63) is 94.0 Å². The van der Waals surface area contributed by atoms with E-state index in [1.807, 2.05) is 0 Å². The molecule has 0 radical (unpaired) electrons. The van der Waals surface area contributed by atoms with Gasteiger partial charge in [-0.15, -0.1) is 0 Å². The fourth-order valence-corrected chi connectivity index (χ4v) is 9.63. The fourth-order valence-electron chi connectivity index (χ4n) is 9.63. The molecular formula is C46H54N4O5. The van der Waals surface area contributed by atoms with Gasteiger partial charge in [-0.2, -0.15) is 0 Å². The molecule has 2 atom stereocenters. The van der Waals surface area contributed by atoms with Crippen LogP contribution < -0.4 is 34.3 Å². The molecule has 0 saturated carbocycles. The third kappa shape index (κ3) is 7.05. The van der Waals surface area contributed by atoms with Crippen molar-refractivity contribution in [1.82, 2.24) is 20.4 Å². The van der Waals surface area contributed by atoms with Crippen LogP contribution in [0.15, 0.2) is 60.7 Å². The van der Waals surface area contributed by atoms with Gasteiger partial charge in [0, 0.05) is 30.7 Å². The molecule has 7 heterocycles. The summed E-state index contributed by atoms with van der Waals surface area (Å²) in [6.07, 6.45) is 8.08. The van der Waals surface area contributed by atoms with Crippen molar-refractivity contribution in [2.75, 3.05) is 66.6 Å². The highest BCUT2D eigenvalue weighted by Gasteiger charge is 2.37. The van der Waals surface area contributed by atoms with E-state index in [0.717, 1.165) is 137 Å². The van der Waals surface area contributed by atoms with Crippen LogP contribution in [-0.2, 0) is 25.7 Å². The predicted molar refractivity (Wildman–Crippen MR) is 214 cm³/mol. The number of likely N-dealkylation sites (N-methyl/N-ethyl adjacent to an activating group) is 2. The zero-order valence-electron chi connectivity index (χ0n) is 32.3. The lowest BCUT2D eigenvalue weighted by Gasteiger charge is -2.39. The van der Waals surface area contributed by atoms with E-state index >= 15 is 0 Å². The summed E-state index contributed by atoms with van der Waals surface area (Å²) in [5, 5.41) is 6.96. The molecule has 7 aliphatic rings. The number of nitrogens with zero attached hydrogens (tertiary/aromatic N) is 2. The number of rotatable bonds is 6. The number of hydrogen-bond acceptors (Lipinski definition) is 9. The van der Waals surface area contributed by atoms with E-state index in [1.54, 1.807) is 0 Å². The molecule has 2 N–H and O–H groups in total. The molecule has 2 saturated heterocycles. The van der Waals surface area contributed by atoms with Gasteiger partial charge in [0.15, 0.2) is 34.5 Å². The lowest BCUT2D eigenvalue weighted by Crippen LogP contribution is -2.34. The Hall–Kier alpha value is -4.28. The molecular weight excluding hydrogens is 689 g/mol. The van der Waals surface area contributed by atoms with E-state index in [1.165, 1.54) is 33.4 Å². The van der Waals surface area contributed by atoms with Gasteiger partial charge in [0.1, 0.15) is 5.75 Å². The number of nitrogens with one attached hydrogen (secondary N) is 2. The van der Waals surface area contributed by atoms with Crippen molar-refractivity contribution in [2.24, 2.45) is 11.8 Å². The van der Waals surface area contributed by atoms with Crippen LogP contribution in [-0.4, -0.2) is 76.4 Å². The maximum absolute atomic E-state index is 7.14. The Kier molecular flexibility index (Phi) is 9.58. The van der Waals surface area contributed by atoms with Crippen molar-refractivity contribution in [1.29, 1.82) is 0 Å². The van der Waals surface area contributed by atoms with Crippen LogP contribution >= 0.6 is 0 Å². The Labute approximate surface area is 325 Å². The maximum Gasteiger partial charge on any atom is 0.212 e. The molecule has 9 heteroatoms. The molecule has 0 unspecified atom stereocenters. The molecule has 0 aromatic heterocycles. The van der Waals surface area contributed by atoms with Gasteiger partial charge in [-0.1, -0.05) is 18.2 Å². The first-order valence-electron chi connectivity index (χ1n) is 20.7. The molecule has 0 amide bonds. The summed E-state index contributed by atoms with van der Waals surface area (Å²) < 4.78 is 34.1. The quantitative estimate of drug-likeness (QED) is 0.180. The Morgan fingerprint density at radius 1 is 0.600 bits per heavy atom. The van der Waals surface area contributed by atoms with Crippen molar-refractivity contribution in [2.45, 2.75) is 63.5 Å². The highest BCUT2D eigenvalue weighted by molar-refractivity contribution is 5.67. The molecule has 4 aromatic carbocycles. The van der Waals surface area contributed by atoms with E-state index in [2.05, 4.69) is 95.2 Å². The lowest BCUT2D eigenvalue weighted by atomic mass is 9.86. The van der Waals surface area contributed by atoms with Crippen molar-refractivity contribution in [3.63, 3.8) is 0 Å². The summed E-state index contributed by atoms with van der Waals surface area (Å²) in [5.41, 5.74) is 7.56. The first-order chi connectivity index (χ1) is 27.0. The van der Waals surface area contributed by atoms with Crippen molar-refractivity contribution in [3.8, 4) is 46.0 Å². The molecule has 11 rings (SSSR count). The van der Waals surface area contributed by atoms with Gasteiger partial charge in [0.2, 0.25) is 5.75 Å². The first kappa shape index (κ1) is 35.2. The van der Waals surface area contributed by atoms with Crippen LogP contribution in [0.4, 0.5) is 0 Å². The zero-order chi connectivity index (χ0) is 36.9. The predicted octanol–water partition coefficient (Wildman–Crippen LogP) is 7.99. The number of hydrogen-bond donors (Lipinski definition) is 2. The van der Waals surface area contributed by atoms with E-state index in [-0.39, 0.29) is 12.1 Å². The molecule has 4 aromatic rings. The van der Waals surface area contributed by atoms with E-state index in [0.29, 0.717) is 25.0 Å². The molecule has 9 nitrogen and oxygen atoms in total. The minimum absolute atomic E-state index is 0.106. The van der Waals surface area contributed by atoms with Crippen molar-refractivity contribution >= 4 is 0 Å². The van der Waals surface area contributed by atoms with Gasteiger partial charge in [0.25, 0.3) is 0 Å². The maximum atomic E-state index is 7.14. The third-order valence-corrected chi connectivity index (χ3v) is 13.1. The smallest absolute Gasteiger partial charge is 0.212 e. The standard InChI is InChI=1S/C46H54N4O5/c1-49-19-13-33-24-41-42-26-36(33)37(49)22-32-5-8-39(51-27-30-9-15-47-16-10-30)40(23-32)53-35-6-3-29(4-7-35)21-38-44-34(14-20-50(38)2)25-43(45(54-41)46(44)55-42)52-28-31-11-17-48-18-12-31/h3-8,23-26,30-31,37-38,47-48H,9-22,27-28H2,1-2H3/t37-,38-/m0/s1. The highest BCUT2D eigenvalue weighted by atomic mass is 16.6. The van der Waals surface area contributed by atoms with Crippen LogP contribution in [0.1, 0.15) is 71.1 Å². The summed E-state index contributed by atoms with van der Waals surface area (Å²) in [6, 6.07) is 22.2. The summed E-state index contributed by atoms with van der Waals surface area (Å²) in [5.74, 6) is 7.37. The van der Waals surface area contributed by atoms with Gasteiger partial charge < -0.3 is 34.3 Å². The molecule has 7 bridgehead atoms. The minimum Gasteiger partial charge on any atom is -0.489 e. The van der Waals surface area contributed by atoms with Crippen molar-refractivity contribution < 1.29 is 23.7 Å². The van der Waals surface area contributed by atoms with Gasteiger partial charge in [-0.25, -0.2) is 0 Å². The number of benzene rings is 4. The largest absolute Gasteiger partial charge is 0.489 e. The third-order valence-electron chi connectivity index (χ3n) is 13.1. The minimum atomic E-state index is 0.106. The van der Waals surface area contributed by atoms with E-state index < -0.39 is 0 Å². The van der Waals surface area contributed by atoms with Gasteiger partial charge in [-0.3, -0.25) is 9.80 Å². The Morgan fingerprint density at radius 3 is 1.96 bits per heavy atom. The molecule has 7 aliphatic heterocycles. The van der Waals surface area contributed by atoms with Gasteiger partial charge in [-0.05, 0) is 174 Å². The number of piperidine rings is 2. The number of fused-ring (bicyclic) bond motifs is 2. The summed E-state index contributed by atoms with van der Waals surface area (Å²) in [7, 11) is 4.47. The Morgan fingerprint density at radius 2 is 1.22 bits per heavy atom. The van der Waals surface area contributed by atoms with Crippen LogP contribution in [0.5, 0.6) is 46.0 Å². The topological polar surface area (TPSA) is 76.7 Å². The average Bonchev–Trinajstić information content (AvgIpc) is 3.21. The SMILES string of the molecule is CN1CCc2cc3c4cc2[C@@H]1Cc1ccc(OCC2CCNCC2)c(c1)Oc1ccc(cc1)C[C@H]1c2c(cc(OCC5CCNCC5)c(c2O4)O3)CCN1C. The molecule has 55 heavy (non-hydrogen) atoms.